The Morgan fingerprint density at radius 3 is 2.75 bits per heavy atom. The van der Waals surface area contributed by atoms with E-state index in [4.69, 9.17) is 0 Å². The molecule has 1 unspecified atom stereocenters. The number of hydrogen-bond donors (Lipinski definition) is 1. The first-order valence-electron chi connectivity index (χ1n) is 5.13. The van der Waals surface area contributed by atoms with E-state index in [0.717, 1.165) is 5.56 Å². The zero-order chi connectivity index (χ0) is 11.8. The summed E-state index contributed by atoms with van der Waals surface area (Å²) in [5, 5.41) is 2.28. The zero-order valence-electron chi connectivity index (χ0n) is 8.88. The second-order valence-electron chi connectivity index (χ2n) is 3.92. The highest BCUT2D eigenvalue weighted by Crippen LogP contribution is 2.37. The SMILES string of the molecule is Cc1ccccc1C1NCCN(F)C1(F)F. The maximum absolute atomic E-state index is 13.6. The number of halogens is 3. The van der Waals surface area contributed by atoms with Crippen LogP contribution in [0.3, 0.4) is 0 Å². The number of nitrogens with zero attached hydrogens (tertiary/aromatic N) is 1. The molecule has 1 aromatic rings. The molecule has 0 bridgehead atoms. The van der Waals surface area contributed by atoms with E-state index in [-0.39, 0.29) is 18.2 Å². The molecule has 1 aliphatic rings. The third kappa shape index (κ3) is 1.81. The van der Waals surface area contributed by atoms with Crippen molar-refractivity contribution in [2.75, 3.05) is 13.1 Å². The largest absolute Gasteiger partial charge is 0.349 e. The molecule has 2 rings (SSSR count). The maximum atomic E-state index is 13.6. The topological polar surface area (TPSA) is 15.3 Å². The quantitative estimate of drug-likeness (QED) is 0.588. The van der Waals surface area contributed by atoms with Gasteiger partial charge in [0.25, 0.3) is 0 Å². The van der Waals surface area contributed by atoms with Crippen LogP contribution in [-0.4, -0.2) is 24.3 Å². The van der Waals surface area contributed by atoms with E-state index in [9.17, 15) is 13.3 Å². The van der Waals surface area contributed by atoms with Crippen LogP contribution in [0, 0.1) is 6.92 Å². The molecule has 1 fully saturated rings. The number of alkyl halides is 2. The van der Waals surface area contributed by atoms with E-state index in [1.54, 1.807) is 31.2 Å². The van der Waals surface area contributed by atoms with Crippen molar-refractivity contribution in [2.45, 2.75) is 19.0 Å². The van der Waals surface area contributed by atoms with Gasteiger partial charge in [-0.15, -0.1) is 4.48 Å². The lowest BCUT2D eigenvalue weighted by atomic mass is 9.98. The zero-order valence-corrected chi connectivity index (χ0v) is 8.88. The molecule has 0 aromatic heterocycles. The Bertz CT molecular complexity index is 381. The van der Waals surface area contributed by atoms with Gasteiger partial charge in [0.1, 0.15) is 6.04 Å². The molecule has 5 heteroatoms. The highest BCUT2D eigenvalue weighted by atomic mass is 19.3. The van der Waals surface area contributed by atoms with Gasteiger partial charge < -0.3 is 5.32 Å². The first-order valence-corrected chi connectivity index (χ1v) is 5.13. The average molecular weight is 230 g/mol. The summed E-state index contributed by atoms with van der Waals surface area (Å²) in [6.07, 6.45) is 0. The van der Waals surface area contributed by atoms with Crippen molar-refractivity contribution < 1.29 is 13.3 Å². The Hall–Kier alpha value is -1.07. The molecule has 1 N–H and O–H groups in total. The van der Waals surface area contributed by atoms with E-state index < -0.39 is 12.1 Å². The Morgan fingerprint density at radius 1 is 1.38 bits per heavy atom. The molecule has 1 aromatic carbocycles. The van der Waals surface area contributed by atoms with Crippen LogP contribution in [0.15, 0.2) is 24.3 Å². The number of hydrogen-bond acceptors (Lipinski definition) is 2. The molecule has 1 saturated heterocycles. The van der Waals surface area contributed by atoms with Crippen LogP contribution in [0.1, 0.15) is 17.2 Å². The molecule has 0 amide bonds. The summed E-state index contributed by atoms with van der Waals surface area (Å²) in [5.74, 6) is 0. The van der Waals surface area contributed by atoms with Gasteiger partial charge in [0.05, 0.1) is 0 Å². The molecular formula is C11H13F3N2. The van der Waals surface area contributed by atoms with Crippen LogP contribution in [0.5, 0.6) is 0 Å². The van der Waals surface area contributed by atoms with Gasteiger partial charge in [-0.2, -0.15) is 8.78 Å². The Kier molecular flexibility index (Phi) is 2.90. The highest BCUT2D eigenvalue weighted by molar-refractivity contribution is 5.30. The summed E-state index contributed by atoms with van der Waals surface area (Å²) in [6, 6.07) is 2.01. The van der Waals surface area contributed by atoms with Crippen molar-refractivity contribution in [1.82, 2.24) is 10.4 Å². The number of aryl methyl sites for hydroxylation is 1. The fraction of sp³-hybridized carbons (Fsp3) is 0.455. The lowest BCUT2D eigenvalue weighted by Crippen LogP contribution is -2.54. The summed E-state index contributed by atoms with van der Waals surface area (Å²) in [6.45, 7) is 1.66. The maximum Gasteiger partial charge on any atom is 0.349 e. The van der Waals surface area contributed by atoms with Gasteiger partial charge in [-0.3, -0.25) is 0 Å². The highest BCUT2D eigenvalue weighted by Gasteiger charge is 2.49. The molecule has 1 heterocycles. The summed E-state index contributed by atoms with van der Waals surface area (Å²) < 4.78 is 40.3. The standard InChI is InChI=1S/C11H13F3N2/c1-8-4-2-3-5-9(8)10-11(12,13)16(14)7-6-15-10/h2-5,10,15H,6-7H2,1H3. The van der Waals surface area contributed by atoms with E-state index in [1.807, 2.05) is 0 Å². The lowest BCUT2D eigenvalue weighted by molar-refractivity contribution is -0.266. The van der Waals surface area contributed by atoms with Crippen LogP contribution >= 0.6 is 0 Å². The van der Waals surface area contributed by atoms with Crippen LogP contribution in [0.4, 0.5) is 13.3 Å². The predicted molar refractivity (Wildman–Crippen MR) is 54.7 cm³/mol. The third-order valence-electron chi connectivity index (χ3n) is 2.83. The molecule has 1 atom stereocenters. The lowest BCUT2D eigenvalue weighted by Gasteiger charge is -2.36. The first kappa shape index (κ1) is 11.4. The van der Waals surface area contributed by atoms with Gasteiger partial charge in [-0.1, -0.05) is 29.4 Å². The van der Waals surface area contributed by atoms with Gasteiger partial charge in [0, 0.05) is 13.1 Å². The first-order chi connectivity index (χ1) is 7.53. The van der Waals surface area contributed by atoms with E-state index in [1.165, 1.54) is 0 Å². The number of piperazine rings is 1. The van der Waals surface area contributed by atoms with Gasteiger partial charge in [0.2, 0.25) is 0 Å². The molecule has 16 heavy (non-hydrogen) atoms. The van der Waals surface area contributed by atoms with Crippen molar-refractivity contribution in [3.63, 3.8) is 0 Å². The molecule has 0 radical (unpaired) electrons. The minimum atomic E-state index is -3.50. The Morgan fingerprint density at radius 2 is 2.06 bits per heavy atom. The minimum absolute atomic E-state index is 0.213. The van der Waals surface area contributed by atoms with Gasteiger partial charge in [0.15, 0.2) is 0 Å². The number of nitrogens with one attached hydrogen (secondary N) is 1. The van der Waals surface area contributed by atoms with Crippen molar-refractivity contribution in [3.8, 4) is 0 Å². The second kappa shape index (κ2) is 4.07. The van der Waals surface area contributed by atoms with Gasteiger partial charge >= 0.3 is 6.05 Å². The summed E-state index contributed by atoms with van der Waals surface area (Å²) >= 11 is 0. The smallest absolute Gasteiger partial charge is 0.302 e. The monoisotopic (exact) mass is 230 g/mol. The number of benzene rings is 1. The van der Waals surface area contributed by atoms with Crippen molar-refractivity contribution in [2.24, 2.45) is 0 Å². The second-order valence-corrected chi connectivity index (χ2v) is 3.92. The van der Waals surface area contributed by atoms with Crippen LogP contribution < -0.4 is 5.32 Å². The molecular weight excluding hydrogens is 217 g/mol. The fourth-order valence-electron chi connectivity index (χ4n) is 1.93. The molecule has 0 saturated carbocycles. The normalized spacial score (nSPS) is 25.6. The predicted octanol–water partition coefficient (Wildman–Crippen LogP) is 2.42. The van der Waals surface area contributed by atoms with Gasteiger partial charge in [-0.05, 0) is 18.1 Å². The third-order valence-corrected chi connectivity index (χ3v) is 2.83. The Labute approximate surface area is 92.0 Å². The molecule has 2 nitrogen and oxygen atoms in total. The molecule has 1 aliphatic heterocycles. The summed E-state index contributed by atoms with van der Waals surface area (Å²) in [7, 11) is 0. The van der Waals surface area contributed by atoms with E-state index in [2.05, 4.69) is 5.32 Å². The average Bonchev–Trinajstić information content (AvgIpc) is 2.24. The van der Waals surface area contributed by atoms with Crippen molar-refractivity contribution >= 4 is 0 Å². The van der Waals surface area contributed by atoms with Crippen molar-refractivity contribution in [3.05, 3.63) is 35.4 Å². The van der Waals surface area contributed by atoms with Gasteiger partial charge in [-0.25, -0.2) is 0 Å². The summed E-state index contributed by atoms with van der Waals surface area (Å²) in [4.78, 5) is 0. The Balaban J connectivity index is 2.36. The van der Waals surface area contributed by atoms with E-state index in [0.29, 0.717) is 5.56 Å². The molecule has 0 spiro atoms. The fourth-order valence-corrected chi connectivity index (χ4v) is 1.93. The summed E-state index contributed by atoms with van der Waals surface area (Å²) in [5.41, 5.74) is 1.17. The molecule has 88 valence electrons. The van der Waals surface area contributed by atoms with E-state index >= 15 is 0 Å². The van der Waals surface area contributed by atoms with Crippen LogP contribution in [0.25, 0.3) is 0 Å². The van der Waals surface area contributed by atoms with Crippen LogP contribution in [0.2, 0.25) is 0 Å². The molecule has 0 aliphatic carbocycles. The minimum Gasteiger partial charge on any atom is -0.302 e. The number of rotatable bonds is 1. The van der Waals surface area contributed by atoms with Crippen LogP contribution in [-0.2, 0) is 0 Å². The van der Waals surface area contributed by atoms with Crippen molar-refractivity contribution in [1.29, 1.82) is 0 Å².